The van der Waals surface area contributed by atoms with Crippen LogP contribution in [-0.2, 0) is 9.53 Å². The van der Waals surface area contributed by atoms with E-state index in [2.05, 4.69) is 15.0 Å². The Hall–Kier alpha value is -1.91. The number of methoxy groups -OCH3 is 1. The predicted octanol–water partition coefficient (Wildman–Crippen LogP) is 1.26. The van der Waals surface area contributed by atoms with Crippen molar-refractivity contribution in [2.24, 2.45) is 0 Å². The molecule has 0 saturated heterocycles. The molecule has 0 radical (unpaired) electrons. The largest absolute Gasteiger partial charge is 0.469 e. The number of Topliss-reactive ketones (excluding diaryl/α,β-unsaturated/α-hetero) is 1. The quantitative estimate of drug-likeness (QED) is 0.600. The molecule has 0 aliphatic carbocycles. The second kappa shape index (κ2) is 5.85. The Balaban J connectivity index is 2.43. The highest BCUT2D eigenvalue weighted by atomic mass is 16.5. The van der Waals surface area contributed by atoms with Gasteiger partial charge >= 0.3 is 5.97 Å². The van der Waals surface area contributed by atoms with Crippen LogP contribution < -0.4 is 5.32 Å². The van der Waals surface area contributed by atoms with Gasteiger partial charge in [-0.25, -0.2) is 0 Å². The molecule has 5 nitrogen and oxygen atoms in total. The van der Waals surface area contributed by atoms with E-state index in [-0.39, 0.29) is 11.8 Å². The molecular formula is C11H14N2O3. The van der Waals surface area contributed by atoms with E-state index in [1.165, 1.54) is 14.0 Å². The highest BCUT2D eigenvalue weighted by molar-refractivity contribution is 5.92. The van der Waals surface area contributed by atoms with Gasteiger partial charge in [0.05, 0.1) is 25.4 Å². The van der Waals surface area contributed by atoms with Crippen LogP contribution in [0.4, 0.5) is 5.69 Å². The summed E-state index contributed by atoms with van der Waals surface area (Å²) in [5.74, 6) is -0.332. The zero-order valence-corrected chi connectivity index (χ0v) is 9.32. The average molecular weight is 222 g/mol. The van der Waals surface area contributed by atoms with Gasteiger partial charge in [0.15, 0.2) is 5.78 Å². The van der Waals surface area contributed by atoms with Crippen LogP contribution in [-0.4, -0.2) is 30.4 Å². The van der Waals surface area contributed by atoms with Crippen LogP contribution in [0, 0.1) is 0 Å². The highest BCUT2D eigenvalue weighted by Gasteiger charge is 2.01. The zero-order chi connectivity index (χ0) is 12.0. The van der Waals surface area contributed by atoms with E-state index in [0.29, 0.717) is 18.7 Å². The Morgan fingerprint density at radius 3 is 2.69 bits per heavy atom. The molecular weight excluding hydrogens is 208 g/mol. The van der Waals surface area contributed by atoms with Crippen molar-refractivity contribution in [1.82, 2.24) is 4.98 Å². The lowest BCUT2D eigenvalue weighted by Gasteiger charge is -2.05. The number of nitrogens with one attached hydrogen (secondary N) is 1. The normalized spacial score (nSPS) is 9.62. The minimum Gasteiger partial charge on any atom is -0.469 e. The number of esters is 1. The maximum atomic E-state index is 11.0. The van der Waals surface area contributed by atoms with E-state index >= 15 is 0 Å². The van der Waals surface area contributed by atoms with Gasteiger partial charge in [-0.05, 0) is 12.1 Å². The molecule has 0 unspecified atom stereocenters. The lowest BCUT2D eigenvalue weighted by molar-refractivity contribution is -0.140. The SMILES string of the molecule is COC(=O)CCNc1ccc(C(C)=O)nc1. The first-order chi connectivity index (χ1) is 7.63. The number of rotatable bonds is 5. The van der Waals surface area contributed by atoms with Crippen LogP contribution in [0.1, 0.15) is 23.8 Å². The van der Waals surface area contributed by atoms with Gasteiger partial charge in [-0.3, -0.25) is 14.6 Å². The molecule has 0 aliphatic rings. The van der Waals surface area contributed by atoms with Crippen LogP contribution in [0.15, 0.2) is 18.3 Å². The molecule has 5 heteroatoms. The molecule has 0 saturated carbocycles. The molecule has 0 aromatic carbocycles. The zero-order valence-electron chi connectivity index (χ0n) is 9.32. The number of anilines is 1. The van der Waals surface area contributed by atoms with Crippen molar-refractivity contribution in [2.45, 2.75) is 13.3 Å². The number of ether oxygens (including phenoxy) is 1. The van der Waals surface area contributed by atoms with E-state index in [0.717, 1.165) is 5.69 Å². The summed E-state index contributed by atoms with van der Waals surface area (Å²) in [6.07, 6.45) is 1.86. The predicted molar refractivity (Wildman–Crippen MR) is 59.4 cm³/mol. The second-order valence-corrected chi connectivity index (χ2v) is 3.24. The first-order valence-electron chi connectivity index (χ1n) is 4.91. The molecule has 1 aromatic rings. The Morgan fingerprint density at radius 1 is 1.44 bits per heavy atom. The van der Waals surface area contributed by atoms with Crippen molar-refractivity contribution in [2.75, 3.05) is 19.0 Å². The number of pyridine rings is 1. The molecule has 0 spiro atoms. The molecule has 16 heavy (non-hydrogen) atoms. The van der Waals surface area contributed by atoms with E-state index in [1.807, 2.05) is 0 Å². The van der Waals surface area contributed by atoms with E-state index in [1.54, 1.807) is 18.3 Å². The first-order valence-corrected chi connectivity index (χ1v) is 4.91. The van der Waals surface area contributed by atoms with Gasteiger partial charge in [-0.2, -0.15) is 0 Å². The topological polar surface area (TPSA) is 68.3 Å². The molecule has 86 valence electrons. The summed E-state index contributed by atoms with van der Waals surface area (Å²) >= 11 is 0. The summed E-state index contributed by atoms with van der Waals surface area (Å²) in [4.78, 5) is 25.7. The molecule has 0 aliphatic heterocycles. The van der Waals surface area contributed by atoms with E-state index in [4.69, 9.17) is 0 Å². The van der Waals surface area contributed by atoms with Gasteiger partial charge < -0.3 is 10.1 Å². The Kier molecular flexibility index (Phi) is 4.44. The molecule has 1 aromatic heterocycles. The van der Waals surface area contributed by atoms with Crippen molar-refractivity contribution < 1.29 is 14.3 Å². The molecule has 1 N–H and O–H groups in total. The fourth-order valence-electron chi connectivity index (χ4n) is 1.12. The third-order valence-corrected chi connectivity index (χ3v) is 2.01. The van der Waals surface area contributed by atoms with Crippen LogP contribution in [0.2, 0.25) is 0 Å². The number of carbonyl (C=O) groups is 2. The molecule has 0 fully saturated rings. The lowest BCUT2D eigenvalue weighted by atomic mass is 10.2. The van der Waals surface area contributed by atoms with Crippen LogP contribution in [0.3, 0.4) is 0 Å². The Bertz CT molecular complexity index is 373. The average Bonchev–Trinajstić information content (AvgIpc) is 2.29. The van der Waals surface area contributed by atoms with Crippen molar-refractivity contribution >= 4 is 17.4 Å². The minimum atomic E-state index is -0.263. The first kappa shape index (κ1) is 12.2. The van der Waals surface area contributed by atoms with Gasteiger partial charge in [0, 0.05) is 13.5 Å². The highest BCUT2D eigenvalue weighted by Crippen LogP contribution is 2.06. The van der Waals surface area contributed by atoms with E-state index in [9.17, 15) is 9.59 Å². The monoisotopic (exact) mass is 222 g/mol. The number of carbonyl (C=O) groups excluding carboxylic acids is 2. The number of hydrogen-bond donors (Lipinski definition) is 1. The van der Waals surface area contributed by atoms with Crippen molar-refractivity contribution in [3.05, 3.63) is 24.0 Å². The van der Waals surface area contributed by atoms with Crippen LogP contribution in [0.5, 0.6) is 0 Å². The molecule has 0 atom stereocenters. The van der Waals surface area contributed by atoms with Gasteiger partial charge in [0.1, 0.15) is 5.69 Å². The lowest BCUT2D eigenvalue weighted by Crippen LogP contribution is -2.10. The number of ketones is 1. The van der Waals surface area contributed by atoms with Gasteiger partial charge in [-0.15, -0.1) is 0 Å². The maximum absolute atomic E-state index is 11.0. The van der Waals surface area contributed by atoms with Crippen molar-refractivity contribution in [1.29, 1.82) is 0 Å². The summed E-state index contributed by atoms with van der Waals surface area (Å²) in [6, 6.07) is 3.39. The van der Waals surface area contributed by atoms with Gasteiger partial charge in [0.25, 0.3) is 0 Å². The smallest absolute Gasteiger partial charge is 0.307 e. The van der Waals surface area contributed by atoms with Crippen molar-refractivity contribution in [3.8, 4) is 0 Å². The van der Waals surface area contributed by atoms with Crippen LogP contribution in [0.25, 0.3) is 0 Å². The summed E-state index contributed by atoms with van der Waals surface area (Å²) in [6.45, 7) is 1.94. The molecule has 1 heterocycles. The van der Waals surface area contributed by atoms with Gasteiger partial charge in [0.2, 0.25) is 0 Å². The third kappa shape index (κ3) is 3.68. The molecule has 0 bridgehead atoms. The summed E-state index contributed by atoms with van der Waals surface area (Å²) < 4.78 is 4.50. The minimum absolute atomic E-state index is 0.0684. The summed E-state index contributed by atoms with van der Waals surface area (Å²) in [5.41, 5.74) is 1.20. The fourth-order valence-corrected chi connectivity index (χ4v) is 1.12. The summed E-state index contributed by atoms with van der Waals surface area (Å²) in [7, 11) is 1.35. The number of aromatic nitrogens is 1. The Morgan fingerprint density at radius 2 is 2.19 bits per heavy atom. The standard InChI is InChI=1S/C11H14N2O3/c1-8(14)10-4-3-9(7-13-10)12-6-5-11(15)16-2/h3-4,7,12H,5-6H2,1-2H3. The van der Waals surface area contributed by atoms with Crippen LogP contribution >= 0.6 is 0 Å². The van der Waals surface area contributed by atoms with Gasteiger partial charge in [-0.1, -0.05) is 0 Å². The van der Waals surface area contributed by atoms with Crippen molar-refractivity contribution in [3.63, 3.8) is 0 Å². The Labute approximate surface area is 93.8 Å². The number of nitrogens with zero attached hydrogens (tertiary/aromatic N) is 1. The third-order valence-electron chi connectivity index (χ3n) is 2.01. The summed E-state index contributed by atoms with van der Waals surface area (Å²) in [5, 5.41) is 3.00. The number of hydrogen-bond acceptors (Lipinski definition) is 5. The molecule has 1 rings (SSSR count). The maximum Gasteiger partial charge on any atom is 0.307 e. The second-order valence-electron chi connectivity index (χ2n) is 3.24. The fraction of sp³-hybridized carbons (Fsp3) is 0.364. The molecule has 0 amide bonds. The van der Waals surface area contributed by atoms with E-state index < -0.39 is 0 Å².